The summed E-state index contributed by atoms with van der Waals surface area (Å²) in [7, 11) is 1.19. The molecule has 1 aromatic rings. The molecule has 0 amide bonds. The fourth-order valence-electron chi connectivity index (χ4n) is 4.42. The number of allylic oxidation sites excluding steroid dienone is 3. The molecule has 0 unspecified atom stereocenters. The number of Topliss-reactive ketones (excluding diaryl/α,β-unsaturated/α-hetero) is 1. The van der Waals surface area contributed by atoms with Crippen molar-refractivity contribution in [2.45, 2.75) is 45.7 Å². The molecule has 1 N–H and O–H groups in total. The number of alkyl halides is 3. The van der Waals surface area contributed by atoms with Crippen LogP contribution in [0.4, 0.5) is 13.2 Å². The van der Waals surface area contributed by atoms with E-state index in [0.717, 1.165) is 12.1 Å². The summed E-state index contributed by atoms with van der Waals surface area (Å²) >= 11 is 0. The second-order valence-corrected chi connectivity index (χ2v) is 8.29. The summed E-state index contributed by atoms with van der Waals surface area (Å²) in [5, 5.41) is 3.10. The number of methoxy groups -OCH3 is 1. The van der Waals surface area contributed by atoms with Crippen LogP contribution in [0.2, 0.25) is 0 Å². The third-order valence-electron chi connectivity index (χ3n) is 5.97. The van der Waals surface area contributed by atoms with Crippen molar-refractivity contribution < 1.29 is 37.0 Å². The normalized spacial score (nSPS) is 23.1. The Kier molecular flexibility index (Phi) is 7.00. The summed E-state index contributed by atoms with van der Waals surface area (Å²) in [6, 6.07) is 4.33. The van der Waals surface area contributed by atoms with Gasteiger partial charge in [-0.1, -0.05) is 26.0 Å². The van der Waals surface area contributed by atoms with Crippen LogP contribution in [-0.4, -0.2) is 31.4 Å². The zero-order valence-corrected chi connectivity index (χ0v) is 18.8. The van der Waals surface area contributed by atoms with E-state index in [1.807, 2.05) is 6.92 Å². The Labute approximate surface area is 189 Å². The quantitative estimate of drug-likeness (QED) is 0.517. The van der Waals surface area contributed by atoms with Crippen LogP contribution < -0.4 is 5.32 Å². The molecule has 0 fully saturated rings. The summed E-state index contributed by atoms with van der Waals surface area (Å²) in [4.78, 5) is 38.9. The molecule has 3 rings (SSSR count). The van der Waals surface area contributed by atoms with Gasteiger partial charge in [0.1, 0.15) is 5.92 Å². The van der Waals surface area contributed by atoms with Crippen LogP contribution >= 0.6 is 0 Å². The largest absolute Gasteiger partial charge is 0.468 e. The van der Waals surface area contributed by atoms with Crippen LogP contribution in [0.25, 0.3) is 0 Å². The first-order chi connectivity index (χ1) is 15.5. The number of esters is 2. The first-order valence-electron chi connectivity index (χ1n) is 10.7. The van der Waals surface area contributed by atoms with Crippen molar-refractivity contribution in [3.63, 3.8) is 0 Å². The van der Waals surface area contributed by atoms with E-state index in [0.29, 0.717) is 29.8 Å². The topological polar surface area (TPSA) is 81.7 Å². The van der Waals surface area contributed by atoms with Crippen LogP contribution in [-0.2, 0) is 30.0 Å². The van der Waals surface area contributed by atoms with Gasteiger partial charge in [-0.2, -0.15) is 13.2 Å². The first-order valence-corrected chi connectivity index (χ1v) is 10.7. The molecular formula is C24H26F3NO5. The van der Waals surface area contributed by atoms with E-state index in [-0.39, 0.29) is 23.7 Å². The van der Waals surface area contributed by atoms with Gasteiger partial charge in [0, 0.05) is 22.9 Å². The Hall–Kier alpha value is -3.10. The number of hydrogen-bond acceptors (Lipinski definition) is 6. The van der Waals surface area contributed by atoms with Crippen molar-refractivity contribution in [2.75, 3.05) is 13.7 Å². The Morgan fingerprint density at radius 1 is 1.18 bits per heavy atom. The summed E-state index contributed by atoms with van der Waals surface area (Å²) in [6.45, 7) is 5.39. The summed E-state index contributed by atoms with van der Waals surface area (Å²) in [5.74, 6) is -4.27. The molecule has 178 valence electrons. The van der Waals surface area contributed by atoms with E-state index >= 15 is 0 Å². The zero-order chi connectivity index (χ0) is 24.5. The molecule has 9 heteroatoms. The van der Waals surface area contributed by atoms with Crippen LogP contribution in [0.3, 0.4) is 0 Å². The molecule has 2 aliphatic rings. The third-order valence-corrected chi connectivity index (χ3v) is 5.97. The van der Waals surface area contributed by atoms with Crippen LogP contribution in [0.1, 0.15) is 50.7 Å². The third kappa shape index (κ3) is 4.67. The number of rotatable bonds is 5. The maximum atomic E-state index is 13.5. The second-order valence-electron chi connectivity index (χ2n) is 8.29. The van der Waals surface area contributed by atoms with E-state index in [1.54, 1.807) is 13.8 Å². The molecule has 1 aromatic carbocycles. The molecular weight excluding hydrogens is 439 g/mol. The lowest BCUT2D eigenvalue weighted by atomic mass is 9.69. The number of hydrogen-bond donors (Lipinski definition) is 1. The highest BCUT2D eigenvalue weighted by Crippen LogP contribution is 2.45. The molecule has 0 saturated heterocycles. The van der Waals surface area contributed by atoms with E-state index in [1.165, 1.54) is 19.2 Å². The average molecular weight is 465 g/mol. The molecule has 0 spiro atoms. The molecule has 1 aliphatic carbocycles. The fraction of sp³-hybridized carbons (Fsp3) is 0.458. The first kappa shape index (κ1) is 24.5. The minimum absolute atomic E-state index is 0.133. The molecule has 0 aromatic heterocycles. The predicted molar refractivity (Wildman–Crippen MR) is 113 cm³/mol. The van der Waals surface area contributed by atoms with Crippen molar-refractivity contribution in [1.82, 2.24) is 5.32 Å². The lowest BCUT2D eigenvalue weighted by Gasteiger charge is -2.38. The SMILES string of the molecule is CCCOC(=O)C1=C(C)NC2=C(C(=O)[C@@H](C(=O)OC)[C@@H](C)C2)[C@@H]1c1ccc(C(F)(F)F)cc1. The van der Waals surface area contributed by atoms with E-state index in [2.05, 4.69) is 5.32 Å². The molecule has 6 nitrogen and oxygen atoms in total. The van der Waals surface area contributed by atoms with Gasteiger partial charge in [0.15, 0.2) is 5.78 Å². The highest BCUT2D eigenvalue weighted by Gasteiger charge is 2.47. The van der Waals surface area contributed by atoms with Crippen molar-refractivity contribution in [3.8, 4) is 0 Å². The summed E-state index contributed by atoms with van der Waals surface area (Å²) < 4.78 is 49.5. The van der Waals surface area contributed by atoms with Gasteiger partial charge in [0.25, 0.3) is 0 Å². The van der Waals surface area contributed by atoms with Crippen LogP contribution in [0.5, 0.6) is 0 Å². The number of nitrogens with one attached hydrogen (secondary N) is 1. The van der Waals surface area contributed by atoms with Gasteiger partial charge in [-0.15, -0.1) is 0 Å². The number of carbonyl (C=O) groups excluding carboxylic acids is 3. The van der Waals surface area contributed by atoms with E-state index < -0.39 is 41.3 Å². The molecule has 1 heterocycles. The van der Waals surface area contributed by atoms with Gasteiger partial charge < -0.3 is 14.8 Å². The molecule has 0 saturated carbocycles. The van der Waals surface area contributed by atoms with Gasteiger partial charge in [0.05, 0.1) is 24.9 Å². The molecule has 1 aliphatic heterocycles. The maximum Gasteiger partial charge on any atom is 0.416 e. The Morgan fingerprint density at radius 3 is 2.36 bits per heavy atom. The number of benzene rings is 1. The Morgan fingerprint density at radius 2 is 1.82 bits per heavy atom. The van der Waals surface area contributed by atoms with Gasteiger partial charge in [-0.25, -0.2) is 4.79 Å². The fourth-order valence-corrected chi connectivity index (χ4v) is 4.42. The molecule has 3 atom stereocenters. The van der Waals surface area contributed by atoms with Gasteiger partial charge in [0.2, 0.25) is 0 Å². The summed E-state index contributed by atoms with van der Waals surface area (Å²) in [6.07, 6.45) is -3.62. The van der Waals surface area contributed by atoms with Crippen molar-refractivity contribution in [1.29, 1.82) is 0 Å². The van der Waals surface area contributed by atoms with Crippen molar-refractivity contribution >= 4 is 17.7 Å². The van der Waals surface area contributed by atoms with Crippen molar-refractivity contribution in [2.24, 2.45) is 11.8 Å². The highest BCUT2D eigenvalue weighted by atomic mass is 19.4. The molecule has 0 radical (unpaired) electrons. The van der Waals surface area contributed by atoms with Crippen molar-refractivity contribution in [3.05, 3.63) is 57.9 Å². The lowest BCUT2D eigenvalue weighted by Crippen LogP contribution is -2.43. The maximum absolute atomic E-state index is 13.5. The number of ketones is 1. The van der Waals surface area contributed by atoms with E-state index in [9.17, 15) is 27.6 Å². The number of halogens is 3. The predicted octanol–water partition coefficient (Wildman–Crippen LogP) is 4.27. The zero-order valence-electron chi connectivity index (χ0n) is 18.8. The molecule has 33 heavy (non-hydrogen) atoms. The van der Waals surface area contributed by atoms with E-state index in [4.69, 9.17) is 9.47 Å². The highest BCUT2D eigenvalue weighted by molar-refractivity contribution is 6.12. The summed E-state index contributed by atoms with van der Waals surface area (Å²) in [5.41, 5.74) is 0.789. The number of dihydropyridines is 1. The Bertz CT molecular complexity index is 1020. The number of carbonyl (C=O) groups is 3. The lowest BCUT2D eigenvalue weighted by molar-refractivity contribution is -0.151. The van der Waals surface area contributed by atoms with Gasteiger partial charge >= 0.3 is 18.1 Å². The smallest absolute Gasteiger partial charge is 0.416 e. The minimum Gasteiger partial charge on any atom is -0.468 e. The number of ether oxygens (including phenoxy) is 2. The van der Waals surface area contributed by atoms with Gasteiger partial charge in [-0.05, 0) is 43.4 Å². The Balaban J connectivity index is 2.16. The molecule has 0 bridgehead atoms. The monoisotopic (exact) mass is 465 g/mol. The minimum atomic E-state index is -4.53. The second kappa shape index (κ2) is 9.41. The standard InChI is InChI=1S/C24H26F3NO5/c1-5-10-33-23(31)18-13(3)28-16-11-12(2)17(22(30)32-4)21(29)20(16)19(18)14-6-8-15(9-7-14)24(25,26)27/h6-9,12,17,19,28H,5,10-11H2,1-4H3/t12-,17-,19+/m0/s1. The van der Waals surface area contributed by atoms with Crippen LogP contribution in [0.15, 0.2) is 46.8 Å². The average Bonchev–Trinajstić information content (AvgIpc) is 2.75. The van der Waals surface area contributed by atoms with Crippen LogP contribution in [0, 0.1) is 11.8 Å². The van der Waals surface area contributed by atoms with Gasteiger partial charge in [-0.3, -0.25) is 9.59 Å².